The van der Waals surface area contributed by atoms with Crippen molar-refractivity contribution in [2.75, 3.05) is 37.1 Å². The van der Waals surface area contributed by atoms with E-state index in [1.54, 1.807) is 29.6 Å². The number of likely N-dealkylation sites (N-methyl/N-ethyl adjacent to an activating group) is 1. The average molecular weight is 496 g/mol. The number of nitrogens with one attached hydrogen (secondary N) is 1. The van der Waals surface area contributed by atoms with Gasteiger partial charge in [0.15, 0.2) is 0 Å². The second kappa shape index (κ2) is 11.4. The highest BCUT2D eigenvalue weighted by Crippen LogP contribution is 2.32. The minimum absolute atomic E-state index is 0.103. The molecular formula is C26H27ClFN5O2. The number of ether oxygens (including phenoxy) is 1. The Balaban J connectivity index is 1.59. The molecule has 0 bridgehead atoms. The van der Waals surface area contributed by atoms with E-state index in [-0.39, 0.29) is 17.8 Å². The zero-order valence-corrected chi connectivity index (χ0v) is 20.4. The fraction of sp³-hybridized carbons (Fsp3) is 0.308. The van der Waals surface area contributed by atoms with E-state index in [0.29, 0.717) is 36.6 Å². The number of halogens is 2. The van der Waals surface area contributed by atoms with E-state index in [4.69, 9.17) is 16.5 Å². The Morgan fingerprint density at radius 3 is 2.86 bits per heavy atom. The molecule has 7 nitrogen and oxygen atoms in total. The molecule has 4 rings (SSSR count). The molecule has 35 heavy (non-hydrogen) atoms. The summed E-state index contributed by atoms with van der Waals surface area (Å²) in [6.45, 7) is 1.77. The van der Waals surface area contributed by atoms with Crippen LogP contribution < -0.4 is 9.84 Å². The van der Waals surface area contributed by atoms with E-state index in [2.05, 4.69) is 22.2 Å². The van der Waals surface area contributed by atoms with Crippen molar-refractivity contribution in [2.45, 2.75) is 25.5 Å². The molecule has 0 aromatic heterocycles. The Labute approximate surface area is 209 Å². The maximum Gasteiger partial charge on any atom is 0.248 e. The summed E-state index contributed by atoms with van der Waals surface area (Å²) >= 11 is 6.49. The van der Waals surface area contributed by atoms with Crippen LogP contribution in [0.5, 0.6) is 0 Å². The predicted molar refractivity (Wildman–Crippen MR) is 137 cm³/mol. The number of benzene rings is 2. The molecular weight excluding hydrogens is 469 g/mol. The van der Waals surface area contributed by atoms with Crippen LogP contribution in [0.4, 0.5) is 21.5 Å². The number of hydrogen-bond donors (Lipinski definition) is 1. The molecule has 182 valence electrons. The van der Waals surface area contributed by atoms with E-state index in [0.717, 1.165) is 24.1 Å². The Morgan fingerprint density at radius 2 is 2.14 bits per heavy atom. The fourth-order valence-electron chi connectivity index (χ4n) is 3.65. The first-order valence-corrected chi connectivity index (χ1v) is 11.7. The van der Waals surface area contributed by atoms with Gasteiger partial charge in [-0.1, -0.05) is 17.9 Å². The molecule has 0 saturated carbocycles. The molecule has 0 radical (unpaired) electrons. The maximum atomic E-state index is 13.3. The smallest absolute Gasteiger partial charge is 0.248 e. The number of rotatable bonds is 6. The highest BCUT2D eigenvalue weighted by molar-refractivity contribution is 6.25. The van der Waals surface area contributed by atoms with Crippen molar-refractivity contribution in [1.29, 1.82) is 0 Å². The standard InChI is InChI=1S/C26H27ClFN5O2/c1-31(2)13-3-6-26(34)30-25-16-20-17-32(33(27)22-10-8-21(28)9-11-22)18-29-24(20)15-19(25)7-12-23-5-4-14-35-23/h3,6,8-11,15-16,18,23H,4-5,13-14,17H2,1-2H3,(H,30,34)/b6-3+/t23-/m1/s1. The van der Waals surface area contributed by atoms with E-state index in [9.17, 15) is 9.18 Å². The maximum absolute atomic E-state index is 13.3. The first-order chi connectivity index (χ1) is 16.9. The molecule has 1 amide bonds. The number of nitrogens with zero attached hydrogens (tertiary/aromatic N) is 4. The van der Waals surface area contributed by atoms with E-state index in [1.165, 1.54) is 22.7 Å². The zero-order chi connectivity index (χ0) is 24.8. The van der Waals surface area contributed by atoms with Gasteiger partial charge in [0.2, 0.25) is 5.91 Å². The number of hydrogen-bond acceptors (Lipinski definition) is 6. The third-order valence-electron chi connectivity index (χ3n) is 5.44. The Kier molecular flexibility index (Phi) is 8.03. The Hall–Kier alpha value is -3.38. The summed E-state index contributed by atoms with van der Waals surface area (Å²) < 4.78 is 20.3. The second-order valence-corrected chi connectivity index (χ2v) is 8.85. The van der Waals surface area contributed by atoms with Crippen LogP contribution in [0.2, 0.25) is 0 Å². The first-order valence-electron chi connectivity index (χ1n) is 11.3. The van der Waals surface area contributed by atoms with Crippen molar-refractivity contribution in [2.24, 2.45) is 4.99 Å². The summed E-state index contributed by atoms with van der Waals surface area (Å²) in [5, 5.41) is 4.64. The molecule has 2 aliphatic rings. The molecule has 0 aliphatic carbocycles. The van der Waals surface area contributed by atoms with Gasteiger partial charge in [0, 0.05) is 36.6 Å². The van der Waals surface area contributed by atoms with Crippen LogP contribution in [0.25, 0.3) is 0 Å². The lowest BCUT2D eigenvalue weighted by atomic mass is 10.0. The number of carbonyl (C=O) groups excluding carboxylic acids is 1. The lowest BCUT2D eigenvalue weighted by Gasteiger charge is -2.31. The van der Waals surface area contributed by atoms with Gasteiger partial charge in [-0.25, -0.2) is 9.38 Å². The van der Waals surface area contributed by atoms with Crippen molar-refractivity contribution in [3.63, 3.8) is 0 Å². The van der Waals surface area contributed by atoms with Gasteiger partial charge >= 0.3 is 0 Å². The van der Waals surface area contributed by atoms with Gasteiger partial charge in [0.25, 0.3) is 0 Å². The summed E-state index contributed by atoms with van der Waals surface area (Å²) in [6, 6.07) is 9.58. The molecule has 1 fully saturated rings. The van der Waals surface area contributed by atoms with Gasteiger partial charge in [-0.05, 0) is 63.3 Å². The number of carbonyl (C=O) groups is 1. The number of hydrazine groups is 1. The van der Waals surface area contributed by atoms with Crippen LogP contribution in [-0.4, -0.2) is 55.5 Å². The fourth-order valence-corrected chi connectivity index (χ4v) is 3.85. The number of amides is 1. The van der Waals surface area contributed by atoms with Gasteiger partial charge in [-0.3, -0.25) is 9.80 Å². The Bertz CT molecular complexity index is 1180. The molecule has 2 aliphatic heterocycles. The summed E-state index contributed by atoms with van der Waals surface area (Å²) in [7, 11) is 3.87. The summed E-state index contributed by atoms with van der Waals surface area (Å²) in [5.74, 6) is 5.75. The summed E-state index contributed by atoms with van der Waals surface area (Å²) in [6.07, 6.45) is 6.70. The Morgan fingerprint density at radius 1 is 1.34 bits per heavy atom. The predicted octanol–water partition coefficient (Wildman–Crippen LogP) is 4.46. The van der Waals surface area contributed by atoms with Crippen LogP contribution in [0.3, 0.4) is 0 Å². The highest BCUT2D eigenvalue weighted by atomic mass is 35.5. The molecule has 2 aromatic rings. The van der Waals surface area contributed by atoms with Crippen molar-refractivity contribution in [3.05, 3.63) is 65.5 Å². The number of fused-ring (bicyclic) bond motifs is 1. The molecule has 9 heteroatoms. The number of anilines is 2. The molecule has 0 unspecified atom stereocenters. The normalized spacial score (nSPS) is 16.8. The molecule has 1 atom stereocenters. The monoisotopic (exact) mass is 495 g/mol. The van der Waals surface area contributed by atoms with Gasteiger partial charge in [-0.2, -0.15) is 4.53 Å². The molecule has 1 N–H and O–H groups in total. The van der Waals surface area contributed by atoms with E-state index < -0.39 is 0 Å². The third kappa shape index (κ3) is 6.61. The lowest BCUT2D eigenvalue weighted by molar-refractivity contribution is -0.111. The van der Waals surface area contributed by atoms with Crippen LogP contribution in [0, 0.1) is 17.7 Å². The molecule has 2 aromatic carbocycles. The average Bonchev–Trinajstić information content (AvgIpc) is 3.36. The zero-order valence-electron chi connectivity index (χ0n) is 19.7. The number of aliphatic imine (C=N–C) groups is 1. The van der Waals surface area contributed by atoms with Gasteiger partial charge in [0.1, 0.15) is 18.3 Å². The minimum Gasteiger partial charge on any atom is -0.366 e. The van der Waals surface area contributed by atoms with Crippen molar-refractivity contribution in [1.82, 2.24) is 9.91 Å². The SMILES string of the molecule is CN(C)C/C=C/C(=O)Nc1cc2c(cc1C#C[C@H]1CCCO1)N=CN(N(Cl)c1ccc(F)cc1)C2. The molecule has 2 heterocycles. The first kappa shape index (κ1) is 24.7. The van der Waals surface area contributed by atoms with Crippen LogP contribution in [0.1, 0.15) is 24.0 Å². The lowest BCUT2D eigenvalue weighted by Crippen LogP contribution is -2.36. The molecule has 1 saturated heterocycles. The van der Waals surface area contributed by atoms with Gasteiger partial charge < -0.3 is 15.0 Å². The van der Waals surface area contributed by atoms with Crippen molar-refractivity contribution in [3.8, 4) is 11.8 Å². The van der Waals surface area contributed by atoms with Crippen molar-refractivity contribution >= 4 is 41.1 Å². The van der Waals surface area contributed by atoms with Crippen LogP contribution in [-0.2, 0) is 16.1 Å². The van der Waals surface area contributed by atoms with Crippen LogP contribution >= 0.6 is 11.8 Å². The quantitative estimate of drug-likeness (QED) is 0.364. The molecule has 0 spiro atoms. The van der Waals surface area contributed by atoms with Gasteiger partial charge in [-0.15, -0.1) is 0 Å². The largest absolute Gasteiger partial charge is 0.366 e. The summed E-state index contributed by atoms with van der Waals surface area (Å²) in [4.78, 5) is 19.1. The van der Waals surface area contributed by atoms with Gasteiger partial charge in [0.05, 0.1) is 29.2 Å². The summed E-state index contributed by atoms with van der Waals surface area (Å²) in [5.41, 5.74) is 3.45. The van der Waals surface area contributed by atoms with Crippen LogP contribution in [0.15, 0.2) is 53.5 Å². The topological polar surface area (TPSA) is 60.4 Å². The highest BCUT2D eigenvalue weighted by Gasteiger charge is 2.20. The minimum atomic E-state index is -0.340. The second-order valence-electron chi connectivity index (χ2n) is 8.53. The van der Waals surface area contributed by atoms with E-state index >= 15 is 0 Å². The third-order valence-corrected chi connectivity index (χ3v) is 5.83. The van der Waals surface area contributed by atoms with Crippen molar-refractivity contribution < 1.29 is 13.9 Å². The van der Waals surface area contributed by atoms with E-state index in [1.807, 2.05) is 31.1 Å².